The van der Waals surface area contributed by atoms with Crippen LogP contribution in [-0.4, -0.2) is 13.1 Å². The molecule has 1 saturated heterocycles. The molecule has 0 spiro atoms. The van der Waals surface area contributed by atoms with Crippen LogP contribution in [-0.2, 0) is 0 Å². The number of nitriles is 2. The third kappa shape index (κ3) is 3.76. The minimum Gasteiger partial charge on any atom is -0.372 e. The van der Waals surface area contributed by atoms with E-state index in [1.54, 1.807) is 0 Å². The molecule has 1 aliphatic carbocycles. The molecule has 0 unspecified atom stereocenters. The molecule has 1 aliphatic heterocycles. The molecule has 0 aromatic heterocycles. The standard InChI is InChI=1S/C21H21N3/c22-15-20(16-23)19-5-3-4-18(14-19)7-6-17-8-10-21(11-9-17)24-12-1-2-13-24/h6-11,14H,1-5,12-13H2/b7-6+. The fraction of sp³-hybridized carbons (Fsp3) is 0.333. The largest absolute Gasteiger partial charge is 0.372 e. The van der Waals surface area contributed by atoms with Crippen LogP contribution in [0.2, 0.25) is 0 Å². The van der Waals surface area contributed by atoms with Crippen molar-refractivity contribution in [2.24, 2.45) is 0 Å². The molecule has 3 rings (SSSR count). The molecule has 0 radical (unpaired) electrons. The van der Waals surface area contributed by atoms with E-state index in [9.17, 15) is 0 Å². The van der Waals surface area contributed by atoms with Gasteiger partial charge in [0.05, 0.1) is 0 Å². The van der Waals surface area contributed by atoms with Gasteiger partial charge in [-0.3, -0.25) is 0 Å². The zero-order valence-corrected chi connectivity index (χ0v) is 13.8. The van der Waals surface area contributed by atoms with Crippen molar-refractivity contribution in [3.8, 4) is 12.1 Å². The van der Waals surface area contributed by atoms with Crippen LogP contribution in [0, 0.1) is 22.7 Å². The van der Waals surface area contributed by atoms with E-state index in [0.29, 0.717) is 0 Å². The summed E-state index contributed by atoms with van der Waals surface area (Å²) in [5.74, 6) is 0. The number of hydrogen-bond acceptors (Lipinski definition) is 3. The quantitative estimate of drug-likeness (QED) is 0.756. The van der Waals surface area contributed by atoms with Gasteiger partial charge >= 0.3 is 0 Å². The lowest BCUT2D eigenvalue weighted by Gasteiger charge is -2.17. The molecule has 0 bridgehead atoms. The second kappa shape index (κ2) is 7.66. The van der Waals surface area contributed by atoms with E-state index in [1.807, 2.05) is 18.2 Å². The molecule has 120 valence electrons. The SMILES string of the molecule is N#CC(C#N)=C1C=C(/C=C/c2ccc(N3CCCC3)cc2)CCC1. The molecule has 0 saturated carbocycles. The van der Waals surface area contributed by atoms with Crippen molar-refractivity contribution in [3.63, 3.8) is 0 Å². The number of nitrogens with zero attached hydrogens (tertiary/aromatic N) is 3. The van der Waals surface area contributed by atoms with Gasteiger partial charge in [-0.1, -0.05) is 30.4 Å². The lowest BCUT2D eigenvalue weighted by molar-refractivity contribution is 0.796. The summed E-state index contributed by atoms with van der Waals surface area (Å²) >= 11 is 0. The average Bonchev–Trinajstić information content (AvgIpc) is 3.17. The molecule has 0 amide bonds. The van der Waals surface area contributed by atoms with Crippen LogP contribution in [0.1, 0.15) is 37.7 Å². The zero-order chi connectivity index (χ0) is 16.8. The third-order valence-electron chi connectivity index (χ3n) is 4.67. The van der Waals surface area contributed by atoms with Gasteiger partial charge in [0.25, 0.3) is 0 Å². The summed E-state index contributed by atoms with van der Waals surface area (Å²) < 4.78 is 0. The molecular weight excluding hydrogens is 294 g/mol. The second-order valence-corrected chi connectivity index (χ2v) is 6.32. The molecular formula is C21H21N3. The summed E-state index contributed by atoms with van der Waals surface area (Å²) in [6.45, 7) is 2.33. The molecule has 2 aliphatic rings. The highest BCUT2D eigenvalue weighted by Gasteiger charge is 2.12. The normalized spacial score (nSPS) is 17.5. The monoisotopic (exact) mass is 315 g/mol. The van der Waals surface area contributed by atoms with Gasteiger partial charge in [0, 0.05) is 18.8 Å². The van der Waals surface area contributed by atoms with Crippen LogP contribution in [0.25, 0.3) is 6.08 Å². The highest BCUT2D eigenvalue weighted by molar-refractivity contribution is 5.59. The summed E-state index contributed by atoms with van der Waals surface area (Å²) in [4.78, 5) is 2.43. The maximum atomic E-state index is 9.01. The molecule has 0 atom stereocenters. The molecule has 0 N–H and O–H groups in total. The van der Waals surface area contributed by atoms with Gasteiger partial charge in [-0.15, -0.1) is 0 Å². The Hall–Kier alpha value is -2.78. The Morgan fingerprint density at radius 3 is 2.29 bits per heavy atom. The highest BCUT2D eigenvalue weighted by Crippen LogP contribution is 2.26. The third-order valence-corrected chi connectivity index (χ3v) is 4.67. The maximum Gasteiger partial charge on any atom is 0.132 e. The lowest BCUT2D eigenvalue weighted by Crippen LogP contribution is -2.17. The number of anilines is 1. The second-order valence-electron chi connectivity index (χ2n) is 6.32. The van der Waals surface area contributed by atoms with E-state index < -0.39 is 0 Å². The Balaban J connectivity index is 1.72. The van der Waals surface area contributed by atoms with Gasteiger partial charge in [-0.05, 0) is 60.9 Å². The van der Waals surface area contributed by atoms with Crippen LogP contribution in [0.3, 0.4) is 0 Å². The predicted octanol–water partition coefficient (Wildman–Crippen LogP) is 4.75. The van der Waals surface area contributed by atoms with Gasteiger partial charge in [0.15, 0.2) is 0 Å². The van der Waals surface area contributed by atoms with Gasteiger partial charge in [0.1, 0.15) is 17.7 Å². The molecule has 3 heteroatoms. The average molecular weight is 315 g/mol. The summed E-state index contributed by atoms with van der Waals surface area (Å²) in [6, 6.07) is 12.7. The zero-order valence-electron chi connectivity index (χ0n) is 13.8. The van der Waals surface area contributed by atoms with Crippen LogP contribution in [0.4, 0.5) is 5.69 Å². The summed E-state index contributed by atoms with van der Waals surface area (Å²) in [5.41, 5.74) is 4.78. The highest BCUT2D eigenvalue weighted by atomic mass is 15.1. The van der Waals surface area contributed by atoms with E-state index in [2.05, 4.69) is 41.3 Å². The van der Waals surface area contributed by atoms with E-state index in [1.165, 1.54) is 29.7 Å². The number of rotatable bonds is 3. The van der Waals surface area contributed by atoms with E-state index in [0.717, 1.165) is 37.9 Å². The van der Waals surface area contributed by atoms with Crippen molar-refractivity contribution in [2.75, 3.05) is 18.0 Å². The van der Waals surface area contributed by atoms with Crippen molar-refractivity contribution >= 4 is 11.8 Å². The fourth-order valence-corrected chi connectivity index (χ4v) is 3.32. The minimum absolute atomic E-state index is 0.246. The van der Waals surface area contributed by atoms with Crippen molar-refractivity contribution in [1.82, 2.24) is 0 Å². The Morgan fingerprint density at radius 1 is 0.917 bits per heavy atom. The van der Waals surface area contributed by atoms with E-state index in [-0.39, 0.29) is 5.57 Å². The number of allylic oxidation sites excluding steroid dienone is 5. The molecule has 1 aromatic rings. The molecule has 24 heavy (non-hydrogen) atoms. The summed E-state index contributed by atoms with van der Waals surface area (Å²) in [7, 11) is 0. The van der Waals surface area contributed by atoms with Gasteiger partial charge in [-0.25, -0.2) is 0 Å². The summed E-state index contributed by atoms with van der Waals surface area (Å²) in [5, 5.41) is 18.0. The molecule has 1 heterocycles. The van der Waals surface area contributed by atoms with Crippen molar-refractivity contribution in [3.05, 3.63) is 58.7 Å². The van der Waals surface area contributed by atoms with Gasteiger partial charge in [-0.2, -0.15) is 10.5 Å². The van der Waals surface area contributed by atoms with Gasteiger partial charge < -0.3 is 4.90 Å². The molecule has 3 nitrogen and oxygen atoms in total. The van der Waals surface area contributed by atoms with E-state index in [4.69, 9.17) is 10.5 Å². The first-order valence-electron chi connectivity index (χ1n) is 8.57. The molecule has 1 fully saturated rings. The van der Waals surface area contributed by atoms with Crippen LogP contribution >= 0.6 is 0 Å². The first kappa shape index (κ1) is 16.1. The topological polar surface area (TPSA) is 50.8 Å². The van der Waals surface area contributed by atoms with Crippen LogP contribution in [0.15, 0.2) is 53.1 Å². The Morgan fingerprint density at radius 2 is 1.62 bits per heavy atom. The maximum absolute atomic E-state index is 9.01. The van der Waals surface area contributed by atoms with Crippen molar-refractivity contribution in [1.29, 1.82) is 10.5 Å². The molecule has 1 aromatic carbocycles. The Labute approximate surface area is 143 Å². The van der Waals surface area contributed by atoms with Crippen LogP contribution in [0.5, 0.6) is 0 Å². The van der Waals surface area contributed by atoms with Crippen LogP contribution < -0.4 is 4.90 Å². The number of hydrogen-bond donors (Lipinski definition) is 0. The summed E-state index contributed by atoms with van der Waals surface area (Å²) in [6.07, 6.45) is 11.6. The first-order valence-corrected chi connectivity index (χ1v) is 8.57. The predicted molar refractivity (Wildman–Crippen MR) is 97.1 cm³/mol. The minimum atomic E-state index is 0.246. The number of benzene rings is 1. The van der Waals surface area contributed by atoms with E-state index >= 15 is 0 Å². The first-order chi connectivity index (χ1) is 11.8. The Kier molecular flexibility index (Phi) is 5.14. The fourth-order valence-electron chi connectivity index (χ4n) is 3.32. The van der Waals surface area contributed by atoms with Gasteiger partial charge in [0.2, 0.25) is 0 Å². The Bertz CT molecular complexity index is 745. The lowest BCUT2D eigenvalue weighted by atomic mass is 9.92. The van der Waals surface area contributed by atoms with Crippen molar-refractivity contribution in [2.45, 2.75) is 32.1 Å². The van der Waals surface area contributed by atoms with Crippen molar-refractivity contribution < 1.29 is 0 Å². The smallest absolute Gasteiger partial charge is 0.132 e.